The van der Waals surface area contributed by atoms with Gasteiger partial charge in [0.05, 0.1) is 11.6 Å². The Bertz CT molecular complexity index is 589. The normalized spacial score (nSPS) is 21.9. The van der Waals surface area contributed by atoms with Crippen molar-refractivity contribution in [3.8, 4) is 0 Å². The molecule has 1 aromatic rings. The first kappa shape index (κ1) is 15.0. The number of pyridine rings is 1. The summed E-state index contributed by atoms with van der Waals surface area (Å²) in [6.45, 7) is -0.511. The third kappa shape index (κ3) is 2.88. The highest BCUT2D eigenvalue weighted by molar-refractivity contribution is 7.89. The topological polar surface area (TPSA) is 76.3 Å². The zero-order valence-electron chi connectivity index (χ0n) is 10.5. The van der Waals surface area contributed by atoms with E-state index in [2.05, 4.69) is 4.98 Å². The van der Waals surface area contributed by atoms with Gasteiger partial charge in [-0.15, -0.1) is 0 Å². The Morgan fingerprint density at radius 2 is 2.10 bits per heavy atom. The van der Waals surface area contributed by atoms with Gasteiger partial charge < -0.3 is 5.73 Å². The van der Waals surface area contributed by atoms with E-state index in [9.17, 15) is 21.6 Å². The summed E-state index contributed by atoms with van der Waals surface area (Å²) in [4.78, 5) is 3.42. The summed E-state index contributed by atoms with van der Waals surface area (Å²) in [5.74, 6) is -1.64. The summed E-state index contributed by atoms with van der Waals surface area (Å²) < 4.78 is 63.7. The van der Waals surface area contributed by atoms with Crippen molar-refractivity contribution in [2.75, 3.05) is 18.8 Å². The molecule has 0 saturated carbocycles. The van der Waals surface area contributed by atoms with Gasteiger partial charge in [-0.1, -0.05) is 0 Å². The Labute approximate surface area is 114 Å². The number of nitrogens with zero attached hydrogens (tertiary/aromatic N) is 2. The summed E-state index contributed by atoms with van der Waals surface area (Å²) in [6, 6.07) is 1.30. The first-order valence-electron chi connectivity index (χ1n) is 5.99. The zero-order chi connectivity index (χ0) is 15.0. The van der Waals surface area contributed by atoms with Crippen LogP contribution in [0.3, 0.4) is 0 Å². The van der Waals surface area contributed by atoms with Gasteiger partial charge >= 0.3 is 6.18 Å². The van der Waals surface area contributed by atoms with E-state index < -0.39 is 28.7 Å². The minimum atomic E-state index is -4.39. The van der Waals surface area contributed by atoms with Crippen molar-refractivity contribution in [1.82, 2.24) is 9.29 Å². The number of sulfonamides is 1. The molecular formula is C11H14F3N3O2S. The molecule has 1 fully saturated rings. The van der Waals surface area contributed by atoms with Crippen LogP contribution in [-0.4, -0.2) is 37.0 Å². The number of nitrogens with two attached hydrogens (primary N) is 1. The van der Waals surface area contributed by atoms with E-state index in [1.807, 2.05) is 0 Å². The number of halogens is 3. The smallest absolute Gasteiger partial charge is 0.393 e. The fourth-order valence-corrected chi connectivity index (χ4v) is 3.76. The molecule has 1 aliphatic rings. The molecule has 0 amide bonds. The summed E-state index contributed by atoms with van der Waals surface area (Å²) in [5, 5.41) is 0. The van der Waals surface area contributed by atoms with Crippen LogP contribution in [0.1, 0.15) is 12.8 Å². The minimum absolute atomic E-state index is 0.0193. The highest BCUT2D eigenvalue weighted by Crippen LogP contribution is 2.35. The number of nitrogen functional groups attached to an aromatic ring is 1. The summed E-state index contributed by atoms with van der Waals surface area (Å²) in [7, 11) is -4.04. The fourth-order valence-electron chi connectivity index (χ4n) is 2.17. The van der Waals surface area contributed by atoms with Crippen LogP contribution < -0.4 is 5.73 Å². The lowest BCUT2D eigenvalue weighted by Crippen LogP contribution is -2.44. The highest BCUT2D eigenvalue weighted by atomic mass is 32.2. The van der Waals surface area contributed by atoms with Crippen molar-refractivity contribution < 1.29 is 21.6 Å². The third-order valence-corrected chi connectivity index (χ3v) is 5.19. The van der Waals surface area contributed by atoms with E-state index in [0.717, 1.165) is 10.5 Å². The predicted octanol–water partition coefficient (Wildman–Crippen LogP) is 1.63. The van der Waals surface area contributed by atoms with Gasteiger partial charge in [0.2, 0.25) is 10.0 Å². The van der Waals surface area contributed by atoms with Gasteiger partial charge in [0.15, 0.2) is 0 Å². The second-order valence-corrected chi connectivity index (χ2v) is 6.56. The molecule has 0 radical (unpaired) electrons. The van der Waals surface area contributed by atoms with Gasteiger partial charge in [-0.2, -0.15) is 17.5 Å². The molecule has 2 heterocycles. The maximum Gasteiger partial charge on any atom is 0.393 e. The molecule has 1 aliphatic heterocycles. The molecule has 20 heavy (non-hydrogen) atoms. The Morgan fingerprint density at radius 1 is 1.40 bits per heavy atom. The average Bonchev–Trinajstić information content (AvgIpc) is 2.38. The first-order chi connectivity index (χ1) is 9.23. The SMILES string of the molecule is Nc1ccncc1S(=O)(=O)N1CCCC(C(F)(F)F)C1. The highest BCUT2D eigenvalue weighted by Gasteiger charge is 2.44. The largest absolute Gasteiger partial charge is 0.398 e. The van der Waals surface area contributed by atoms with Gasteiger partial charge in [0, 0.05) is 25.5 Å². The van der Waals surface area contributed by atoms with E-state index in [1.54, 1.807) is 0 Å². The summed E-state index contributed by atoms with van der Waals surface area (Å²) in [5.41, 5.74) is 5.55. The summed E-state index contributed by atoms with van der Waals surface area (Å²) >= 11 is 0. The van der Waals surface area contributed by atoms with Crippen LogP contribution >= 0.6 is 0 Å². The van der Waals surface area contributed by atoms with Crippen LogP contribution in [0, 0.1) is 5.92 Å². The molecule has 112 valence electrons. The number of piperidine rings is 1. The molecule has 1 saturated heterocycles. The van der Waals surface area contributed by atoms with Crippen molar-refractivity contribution in [3.63, 3.8) is 0 Å². The number of hydrogen-bond acceptors (Lipinski definition) is 4. The number of anilines is 1. The maximum absolute atomic E-state index is 12.7. The maximum atomic E-state index is 12.7. The van der Waals surface area contributed by atoms with E-state index >= 15 is 0 Å². The monoisotopic (exact) mass is 309 g/mol. The zero-order valence-corrected chi connectivity index (χ0v) is 11.3. The fraction of sp³-hybridized carbons (Fsp3) is 0.545. The van der Waals surface area contributed by atoms with E-state index in [0.29, 0.717) is 0 Å². The minimum Gasteiger partial charge on any atom is -0.398 e. The first-order valence-corrected chi connectivity index (χ1v) is 7.43. The molecule has 0 bridgehead atoms. The molecule has 2 N–H and O–H groups in total. The molecule has 2 rings (SSSR count). The van der Waals surface area contributed by atoms with Crippen molar-refractivity contribution >= 4 is 15.7 Å². The van der Waals surface area contributed by atoms with Crippen LogP contribution in [0.5, 0.6) is 0 Å². The van der Waals surface area contributed by atoms with Crippen LogP contribution in [0.2, 0.25) is 0 Å². The molecule has 0 spiro atoms. The van der Waals surface area contributed by atoms with Crippen LogP contribution in [0.15, 0.2) is 23.4 Å². The molecule has 0 aliphatic carbocycles. The van der Waals surface area contributed by atoms with Crippen molar-refractivity contribution in [3.05, 3.63) is 18.5 Å². The van der Waals surface area contributed by atoms with E-state index in [4.69, 9.17) is 5.73 Å². The second-order valence-electron chi connectivity index (χ2n) is 4.66. The lowest BCUT2D eigenvalue weighted by atomic mass is 9.99. The Morgan fingerprint density at radius 3 is 2.70 bits per heavy atom. The molecule has 0 aromatic carbocycles. The summed E-state index contributed by atoms with van der Waals surface area (Å²) in [6.07, 6.45) is -1.90. The quantitative estimate of drug-likeness (QED) is 0.901. The molecule has 1 atom stereocenters. The van der Waals surface area contributed by atoms with E-state index in [1.165, 1.54) is 12.3 Å². The Hall–Kier alpha value is -1.35. The predicted molar refractivity (Wildman–Crippen MR) is 66.2 cm³/mol. The van der Waals surface area contributed by atoms with Crippen molar-refractivity contribution in [1.29, 1.82) is 0 Å². The van der Waals surface area contributed by atoms with Crippen LogP contribution in [-0.2, 0) is 10.0 Å². The molecule has 5 nitrogen and oxygen atoms in total. The number of aromatic nitrogens is 1. The van der Waals surface area contributed by atoms with E-state index in [-0.39, 0.29) is 30.0 Å². The molecule has 1 unspecified atom stereocenters. The second kappa shape index (κ2) is 5.21. The number of hydrogen-bond donors (Lipinski definition) is 1. The molecule has 9 heteroatoms. The third-order valence-electron chi connectivity index (χ3n) is 3.28. The molecular weight excluding hydrogens is 295 g/mol. The average molecular weight is 309 g/mol. The Kier molecular flexibility index (Phi) is 3.92. The number of rotatable bonds is 2. The van der Waals surface area contributed by atoms with Crippen LogP contribution in [0.25, 0.3) is 0 Å². The van der Waals surface area contributed by atoms with Gasteiger partial charge in [-0.05, 0) is 18.9 Å². The lowest BCUT2D eigenvalue weighted by molar-refractivity contribution is -0.182. The Balaban J connectivity index is 2.29. The van der Waals surface area contributed by atoms with Gasteiger partial charge in [0.25, 0.3) is 0 Å². The van der Waals surface area contributed by atoms with Crippen molar-refractivity contribution in [2.45, 2.75) is 23.9 Å². The molecule has 1 aromatic heterocycles. The van der Waals surface area contributed by atoms with Crippen molar-refractivity contribution in [2.24, 2.45) is 5.92 Å². The number of alkyl halides is 3. The van der Waals surface area contributed by atoms with Gasteiger partial charge in [-0.25, -0.2) is 8.42 Å². The van der Waals surface area contributed by atoms with Crippen LogP contribution in [0.4, 0.5) is 18.9 Å². The van der Waals surface area contributed by atoms with Gasteiger partial charge in [-0.3, -0.25) is 4.98 Å². The van der Waals surface area contributed by atoms with Gasteiger partial charge in [0.1, 0.15) is 4.90 Å². The lowest BCUT2D eigenvalue weighted by Gasteiger charge is -2.32. The standard InChI is InChI=1S/C11H14F3N3O2S/c12-11(13,14)8-2-1-5-17(7-8)20(18,19)10-6-16-4-3-9(10)15/h3-4,6,8H,1-2,5,7H2,(H2,15,16).